The zero-order valence-electron chi connectivity index (χ0n) is 13.6. The third-order valence-corrected chi connectivity index (χ3v) is 5.77. The van der Waals surface area contributed by atoms with Gasteiger partial charge in [0, 0.05) is 6.54 Å². The third-order valence-electron chi connectivity index (χ3n) is 5.77. The molecule has 2 amide bonds. The number of allylic oxidation sites excluding steroid dienone is 3. The number of imide groups is 1. The molecule has 1 aromatic carbocycles. The molecular formula is C20H19NO3. The Morgan fingerprint density at radius 1 is 1.04 bits per heavy atom. The SMILES string of the molecule is COC1=CC2CC2C=C1C1CC1CN1C(=O)c2ccccc2C1=O. The van der Waals surface area contributed by atoms with E-state index >= 15 is 0 Å². The van der Waals surface area contributed by atoms with Crippen LogP contribution in [0.3, 0.4) is 0 Å². The summed E-state index contributed by atoms with van der Waals surface area (Å²) in [6.45, 7) is 0.513. The number of methoxy groups -OCH3 is 1. The van der Waals surface area contributed by atoms with E-state index in [1.165, 1.54) is 16.9 Å². The maximum Gasteiger partial charge on any atom is 0.261 e. The summed E-state index contributed by atoms with van der Waals surface area (Å²) in [7, 11) is 1.73. The fourth-order valence-corrected chi connectivity index (χ4v) is 4.18. The Labute approximate surface area is 140 Å². The van der Waals surface area contributed by atoms with Gasteiger partial charge in [-0.05, 0) is 60.3 Å². The van der Waals surface area contributed by atoms with Crippen LogP contribution in [0.25, 0.3) is 0 Å². The number of nitrogens with zero attached hydrogens (tertiary/aromatic N) is 1. The molecule has 1 aromatic rings. The molecule has 24 heavy (non-hydrogen) atoms. The summed E-state index contributed by atoms with van der Waals surface area (Å²) in [5, 5.41) is 0. The minimum Gasteiger partial charge on any atom is -0.497 e. The van der Waals surface area contributed by atoms with Crippen LogP contribution in [0, 0.1) is 23.7 Å². The smallest absolute Gasteiger partial charge is 0.261 e. The number of carbonyl (C=O) groups is 2. The average Bonchev–Trinajstić information content (AvgIpc) is 3.50. The predicted molar refractivity (Wildman–Crippen MR) is 88.2 cm³/mol. The fraction of sp³-hybridized carbons (Fsp3) is 0.400. The lowest BCUT2D eigenvalue weighted by Gasteiger charge is -2.17. The molecule has 4 nitrogen and oxygen atoms in total. The van der Waals surface area contributed by atoms with Crippen molar-refractivity contribution in [3.8, 4) is 0 Å². The largest absolute Gasteiger partial charge is 0.497 e. The molecule has 4 heteroatoms. The minimum atomic E-state index is -0.149. The third kappa shape index (κ3) is 1.98. The Bertz CT molecular complexity index is 787. The Kier molecular flexibility index (Phi) is 2.82. The molecule has 3 aliphatic carbocycles. The van der Waals surface area contributed by atoms with Crippen molar-refractivity contribution in [3.63, 3.8) is 0 Å². The van der Waals surface area contributed by atoms with Crippen molar-refractivity contribution in [1.29, 1.82) is 0 Å². The van der Waals surface area contributed by atoms with Crippen molar-refractivity contribution < 1.29 is 14.3 Å². The van der Waals surface area contributed by atoms with Crippen LogP contribution < -0.4 is 0 Å². The summed E-state index contributed by atoms with van der Waals surface area (Å²) in [4.78, 5) is 26.4. The van der Waals surface area contributed by atoms with E-state index in [0.717, 1.165) is 12.2 Å². The highest BCUT2D eigenvalue weighted by molar-refractivity contribution is 6.21. The second kappa shape index (κ2) is 4.82. The monoisotopic (exact) mass is 321 g/mol. The molecule has 0 radical (unpaired) electrons. The Morgan fingerprint density at radius 3 is 2.38 bits per heavy atom. The highest BCUT2D eigenvalue weighted by Crippen LogP contribution is 2.54. The van der Waals surface area contributed by atoms with Crippen molar-refractivity contribution in [2.45, 2.75) is 12.8 Å². The number of carbonyl (C=O) groups excluding carboxylic acids is 2. The van der Waals surface area contributed by atoms with Gasteiger partial charge in [0.15, 0.2) is 0 Å². The fourth-order valence-electron chi connectivity index (χ4n) is 4.18. The number of ether oxygens (including phenoxy) is 1. The van der Waals surface area contributed by atoms with Gasteiger partial charge in [-0.25, -0.2) is 0 Å². The lowest BCUT2D eigenvalue weighted by atomic mass is 9.99. The number of hydrogen-bond donors (Lipinski definition) is 0. The molecule has 4 atom stereocenters. The van der Waals surface area contributed by atoms with E-state index in [-0.39, 0.29) is 11.8 Å². The van der Waals surface area contributed by atoms with Gasteiger partial charge in [0.05, 0.1) is 18.2 Å². The molecule has 2 saturated carbocycles. The van der Waals surface area contributed by atoms with Crippen LogP contribution in [0.15, 0.2) is 47.7 Å². The van der Waals surface area contributed by atoms with Crippen LogP contribution in [-0.4, -0.2) is 30.4 Å². The van der Waals surface area contributed by atoms with Crippen molar-refractivity contribution >= 4 is 11.8 Å². The van der Waals surface area contributed by atoms with Gasteiger partial charge in [-0.2, -0.15) is 0 Å². The maximum absolute atomic E-state index is 12.5. The van der Waals surface area contributed by atoms with Crippen LogP contribution in [0.4, 0.5) is 0 Å². The van der Waals surface area contributed by atoms with Crippen molar-refractivity contribution in [3.05, 3.63) is 58.9 Å². The molecular weight excluding hydrogens is 302 g/mol. The Balaban J connectivity index is 1.32. The molecule has 5 rings (SSSR count). The van der Waals surface area contributed by atoms with E-state index in [4.69, 9.17) is 4.74 Å². The summed E-state index contributed by atoms with van der Waals surface area (Å²) >= 11 is 0. The zero-order chi connectivity index (χ0) is 16.4. The molecule has 0 saturated heterocycles. The molecule has 1 heterocycles. The van der Waals surface area contributed by atoms with Crippen LogP contribution in [0.5, 0.6) is 0 Å². The summed E-state index contributed by atoms with van der Waals surface area (Å²) in [5.41, 5.74) is 2.36. The second-order valence-corrected chi connectivity index (χ2v) is 7.29. The van der Waals surface area contributed by atoms with Crippen molar-refractivity contribution in [2.75, 3.05) is 13.7 Å². The molecule has 2 fully saturated rings. The molecule has 0 N–H and O–H groups in total. The second-order valence-electron chi connectivity index (χ2n) is 7.29. The van der Waals surface area contributed by atoms with Gasteiger partial charge in [0.1, 0.15) is 5.76 Å². The lowest BCUT2D eigenvalue weighted by molar-refractivity contribution is 0.0645. The van der Waals surface area contributed by atoms with Crippen molar-refractivity contribution in [2.24, 2.45) is 23.7 Å². The zero-order valence-corrected chi connectivity index (χ0v) is 13.6. The first kappa shape index (κ1) is 14.0. The number of fused-ring (bicyclic) bond motifs is 2. The van der Waals surface area contributed by atoms with E-state index in [1.54, 1.807) is 19.2 Å². The van der Waals surface area contributed by atoms with Gasteiger partial charge in [0.25, 0.3) is 11.8 Å². The number of rotatable bonds is 4. The van der Waals surface area contributed by atoms with Gasteiger partial charge in [-0.1, -0.05) is 18.2 Å². The Morgan fingerprint density at radius 2 is 1.71 bits per heavy atom. The first-order valence-corrected chi connectivity index (χ1v) is 8.60. The summed E-state index contributed by atoms with van der Waals surface area (Å²) < 4.78 is 5.56. The molecule has 0 spiro atoms. The predicted octanol–water partition coefficient (Wildman–Crippen LogP) is 3.03. The molecule has 0 bridgehead atoms. The van der Waals surface area contributed by atoms with Crippen LogP contribution in [0.2, 0.25) is 0 Å². The lowest BCUT2D eigenvalue weighted by Crippen LogP contribution is -2.32. The first-order chi connectivity index (χ1) is 11.7. The minimum absolute atomic E-state index is 0.149. The highest BCUT2D eigenvalue weighted by Gasteiger charge is 2.49. The normalized spacial score (nSPS) is 32.8. The average molecular weight is 321 g/mol. The maximum atomic E-state index is 12.5. The van der Waals surface area contributed by atoms with Gasteiger partial charge >= 0.3 is 0 Å². The van der Waals surface area contributed by atoms with Gasteiger partial charge in [-0.3, -0.25) is 14.5 Å². The van der Waals surface area contributed by atoms with Crippen LogP contribution in [0.1, 0.15) is 33.6 Å². The van der Waals surface area contributed by atoms with Crippen LogP contribution in [-0.2, 0) is 4.74 Å². The summed E-state index contributed by atoms with van der Waals surface area (Å²) in [5.74, 6) is 2.82. The van der Waals surface area contributed by atoms with Gasteiger partial charge < -0.3 is 4.74 Å². The van der Waals surface area contributed by atoms with E-state index in [1.807, 2.05) is 12.1 Å². The first-order valence-electron chi connectivity index (χ1n) is 8.60. The molecule has 0 aromatic heterocycles. The van der Waals surface area contributed by atoms with E-state index in [0.29, 0.717) is 41.3 Å². The van der Waals surface area contributed by atoms with E-state index in [9.17, 15) is 9.59 Å². The molecule has 4 unspecified atom stereocenters. The topological polar surface area (TPSA) is 46.6 Å². The standard InChI is InChI=1S/C20H19NO3/c1-24-18-9-12-6-11(12)7-17(18)16-8-13(16)10-21-19(22)14-4-2-3-5-15(14)20(21)23/h2-5,7,9,11-13,16H,6,8,10H2,1H3. The van der Waals surface area contributed by atoms with Gasteiger partial charge in [0.2, 0.25) is 0 Å². The van der Waals surface area contributed by atoms with Crippen molar-refractivity contribution in [1.82, 2.24) is 4.90 Å². The number of benzene rings is 1. The molecule has 122 valence electrons. The molecule has 4 aliphatic rings. The number of amides is 2. The number of hydrogen-bond acceptors (Lipinski definition) is 3. The van der Waals surface area contributed by atoms with E-state index < -0.39 is 0 Å². The van der Waals surface area contributed by atoms with Gasteiger partial charge in [-0.15, -0.1) is 0 Å². The summed E-state index contributed by atoms with van der Waals surface area (Å²) in [6, 6.07) is 7.09. The molecule has 1 aliphatic heterocycles. The Hall–Kier alpha value is -2.36. The summed E-state index contributed by atoms with van der Waals surface area (Å²) in [6.07, 6.45) is 6.86. The quantitative estimate of drug-likeness (QED) is 0.801. The van der Waals surface area contributed by atoms with Crippen LogP contribution >= 0.6 is 0 Å². The highest BCUT2D eigenvalue weighted by atomic mass is 16.5. The van der Waals surface area contributed by atoms with E-state index in [2.05, 4.69) is 12.2 Å².